The number of carboxylic acids is 1. The number of carbonyl (C=O) groups is 3. The first kappa shape index (κ1) is 18.2. The van der Waals surface area contributed by atoms with Gasteiger partial charge >= 0.3 is 12.0 Å². The summed E-state index contributed by atoms with van der Waals surface area (Å²) in [6.45, 7) is 2.46. The second-order valence-corrected chi connectivity index (χ2v) is 4.20. The minimum Gasteiger partial charge on any atom is -0.480 e. The lowest BCUT2D eigenvalue weighted by Gasteiger charge is -2.14. The molecule has 0 unspecified atom stereocenters. The fourth-order valence-corrected chi connectivity index (χ4v) is 1.39. The molecule has 0 aromatic carbocycles. The number of unbranched alkanes of at least 4 members (excludes halogenated alkanes) is 1. The minimum atomic E-state index is -1.09. The number of amides is 3. The maximum atomic E-state index is 11.5. The van der Waals surface area contributed by atoms with Gasteiger partial charge in [-0.1, -0.05) is 19.8 Å². The molecule has 8 nitrogen and oxygen atoms in total. The Morgan fingerprint density at radius 3 is 2.50 bits per heavy atom. The summed E-state index contributed by atoms with van der Waals surface area (Å²) < 4.78 is 4.75. The lowest BCUT2D eigenvalue weighted by atomic mass is 10.1. The van der Waals surface area contributed by atoms with Gasteiger partial charge in [-0.3, -0.25) is 4.79 Å². The van der Waals surface area contributed by atoms with E-state index in [0.717, 1.165) is 6.42 Å². The van der Waals surface area contributed by atoms with Gasteiger partial charge in [-0.25, -0.2) is 9.59 Å². The average Bonchev–Trinajstić information content (AvgIpc) is 2.41. The molecule has 0 rings (SSSR count). The quantitative estimate of drug-likeness (QED) is 0.412. The van der Waals surface area contributed by atoms with Crippen LogP contribution >= 0.6 is 0 Å². The van der Waals surface area contributed by atoms with Crippen molar-refractivity contribution in [1.82, 2.24) is 16.0 Å². The maximum Gasteiger partial charge on any atom is 0.326 e. The largest absolute Gasteiger partial charge is 0.480 e. The smallest absolute Gasteiger partial charge is 0.326 e. The highest BCUT2D eigenvalue weighted by molar-refractivity contribution is 5.86. The van der Waals surface area contributed by atoms with Gasteiger partial charge in [-0.15, -0.1) is 0 Å². The Labute approximate surface area is 118 Å². The zero-order valence-electron chi connectivity index (χ0n) is 11.9. The van der Waals surface area contributed by atoms with Gasteiger partial charge in [0.15, 0.2) is 0 Å². The summed E-state index contributed by atoms with van der Waals surface area (Å²) in [5.41, 5.74) is 0. The van der Waals surface area contributed by atoms with E-state index < -0.39 is 18.0 Å². The standard InChI is InChI=1S/C12H23N3O5/c1-3-4-5-9(11(17)18)15-12(19)14-8-10(16)13-6-7-20-2/h9H,3-8H2,1-2H3,(H,13,16)(H,17,18)(H2,14,15,19)/t9-/m0/s1. The monoisotopic (exact) mass is 289 g/mol. The number of ether oxygens (including phenoxy) is 1. The summed E-state index contributed by atoms with van der Waals surface area (Å²) in [6, 6.07) is -1.61. The third kappa shape index (κ3) is 9.15. The van der Waals surface area contributed by atoms with Crippen LogP contribution in [0.1, 0.15) is 26.2 Å². The number of hydrogen-bond acceptors (Lipinski definition) is 4. The number of hydrogen-bond donors (Lipinski definition) is 4. The van der Waals surface area contributed by atoms with Crippen molar-refractivity contribution in [2.45, 2.75) is 32.2 Å². The Morgan fingerprint density at radius 1 is 1.25 bits per heavy atom. The van der Waals surface area contributed by atoms with E-state index in [1.807, 2.05) is 6.92 Å². The number of rotatable bonds is 10. The number of aliphatic carboxylic acids is 1. The van der Waals surface area contributed by atoms with Crippen LogP contribution in [0.4, 0.5) is 4.79 Å². The summed E-state index contributed by atoms with van der Waals surface area (Å²) in [4.78, 5) is 33.7. The van der Waals surface area contributed by atoms with Crippen LogP contribution in [0.3, 0.4) is 0 Å². The normalized spacial score (nSPS) is 11.5. The second-order valence-electron chi connectivity index (χ2n) is 4.20. The van der Waals surface area contributed by atoms with Crippen molar-refractivity contribution in [1.29, 1.82) is 0 Å². The molecule has 0 saturated carbocycles. The van der Waals surface area contributed by atoms with Gasteiger partial charge in [-0.2, -0.15) is 0 Å². The molecule has 0 aromatic rings. The molecule has 3 amide bonds. The Bertz CT molecular complexity index is 322. The van der Waals surface area contributed by atoms with E-state index in [9.17, 15) is 14.4 Å². The van der Waals surface area contributed by atoms with Crippen LogP contribution in [0.2, 0.25) is 0 Å². The van der Waals surface area contributed by atoms with Gasteiger partial charge in [0.2, 0.25) is 5.91 Å². The third-order valence-corrected chi connectivity index (χ3v) is 2.49. The van der Waals surface area contributed by atoms with Crippen molar-refractivity contribution >= 4 is 17.9 Å². The van der Waals surface area contributed by atoms with Crippen LogP contribution in [0.15, 0.2) is 0 Å². The van der Waals surface area contributed by atoms with Crippen molar-refractivity contribution in [3.63, 3.8) is 0 Å². The van der Waals surface area contributed by atoms with Crippen LogP contribution in [-0.2, 0) is 14.3 Å². The maximum absolute atomic E-state index is 11.5. The number of nitrogens with one attached hydrogen (secondary N) is 3. The van der Waals surface area contributed by atoms with Gasteiger partial charge in [0, 0.05) is 13.7 Å². The van der Waals surface area contributed by atoms with Crippen LogP contribution < -0.4 is 16.0 Å². The Hall–Kier alpha value is -1.83. The van der Waals surface area contributed by atoms with Crippen LogP contribution in [-0.4, -0.2) is 55.9 Å². The molecule has 0 heterocycles. The highest BCUT2D eigenvalue weighted by Gasteiger charge is 2.19. The molecule has 116 valence electrons. The lowest BCUT2D eigenvalue weighted by Crippen LogP contribution is -2.48. The molecule has 8 heteroatoms. The molecule has 0 spiro atoms. The van der Waals surface area contributed by atoms with Crippen LogP contribution in [0, 0.1) is 0 Å². The van der Waals surface area contributed by atoms with E-state index in [1.165, 1.54) is 7.11 Å². The molecule has 0 aliphatic heterocycles. The topological polar surface area (TPSA) is 117 Å². The molecular formula is C12H23N3O5. The van der Waals surface area contributed by atoms with Crippen molar-refractivity contribution < 1.29 is 24.2 Å². The molecule has 20 heavy (non-hydrogen) atoms. The Morgan fingerprint density at radius 2 is 1.95 bits per heavy atom. The molecule has 0 aliphatic rings. The average molecular weight is 289 g/mol. The number of methoxy groups -OCH3 is 1. The fraction of sp³-hybridized carbons (Fsp3) is 0.750. The zero-order valence-corrected chi connectivity index (χ0v) is 11.9. The third-order valence-electron chi connectivity index (χ3n) is 2.49. The predicted molar refractivity (Wildman–Crippen MR) is 72.4 cm³/mol. The Balaban J connectivity index is 3.95. The molecule has 0 bridgehead atoms. The highest BCUT2D eigenvalue weighted by atomic mass is 16.5. The van der Waals surface area contributed by atoms with Gasteiger partial charge in [0.1, 0.15) is 6.04 Å². The van der Waals surface area contributed by atoms with E-state index >= 15 is 0 Å². The van der Waals surface area contributed by atoms with Gasteiger partial charge in [0.05, 0.1) is 13.2 Å². The molecule has 4 N–H and O–H groups in total. The highest BCUT2D eigenvalue weighted by Crippen LogP contribution is 2.00. The SMILES string of the molecule is CCCC[C@H](NC(=O)NCC(=O)NCCOC)C(=O)O. The summed E-state index contributed by atoms with van der Waals surface area (Å²) >= 11 is 0. The number of urea groups is 1. The fourth-order valence-electron chi connectivity index (χ4n) is 1.39. The first-order valence-corrected chi connectivity index (χ1v) is 6.54. The molecule has 1 atom stereocenters. The van der Waals surface area contributed by atoms with E-state index in [4.69, 9.17) is 9.84 Å². The molecule has 0 saturated heterocycles. The summed E-state index contributed by atoms with van der Waals surface area (Å²) in [7, 11) is 1.51. The molecular weight excluding hydrogens is 266 g/mol. The van der Waals surface area contributed by atoms with Gasteiger partial charge in [-0.05, 0) is 6.42 Å². The molecule has 0 radical (unpaired) electrons. The first-order chi connectivity index (χ1) is 9.51. The van der Waals surface area contributed by atoms with Crippen molar-refractivity contribution in [2.24, 2.45) is 0 Å². The van der Waals surface area contributed by atoms with E-state index in [2.05, 4.69) is 16.0 Å². The van der Waals surface area contributed by atoms with Crippen molar-refractivity contribution in [3.05, 3.63) is 0 Å². The predicted octanol–water partition coefficient (Wildman–Crippen LogP) is -0.308. The van der Waals surface area contributed by atoms with Crippen LogP contribution in [0.5, 0.6) is 0 Å². The lowest BCUT2D eigenvalue weighted by molar-refractivity contribution is -0.139. The van der Waals surface area contributed by atoms with Crippen molar-refractivity contribution in [2.75, 3.05) is 26.8 Å². The van der Waals surface area contributed by atoms with Gasteiger partial charge < -0.3 is 25.8 Å². The number of carboxylic acid groups (broad SMARTS) is 1. The van der Waals surface area contributed by atoms with Crippen LogP contribution in [0.25, 0.3) is 0 Å². The van der Waals surface area contributed by atoms with Gasteiger partial charge in [0.25, 0.3) is 0 Å². The molecule has 0 aliphatic carbocycles. The summed E-state index contributed by atoms with van der Waals surface area (Å²) in [6.07, 6.45) is 1.91. The summed E-state index contributed by atoms with van der Waals surface area (Å²) in [5.74, 6) is -1.45. The van der Waals surface area contributed by atoms with E-state index in [0.29, 0.717) is 26.0 Å². The molecule has 0 aromatic heterocycles. The van der Waals surface area contributed by atoms with E-state index in [1.54, 1.807) is 0 Å². The van der Waals surface area contributed by atoms with Crippen molar-refractivity contribution in [3.8, 4) is 0 Å². The zero-order chi connectivity index (χ0) is 15.4. The van der Waals surface area contributed by atoms with E-state index in [-0.39, 0.29) is 12.5 Å². The Kier molecular flexibility index (Phi) is 10.0. The second kappa shape index (κ2) is 11.0. The minimum absolute atomic E-state index is 0.213. The molecule has 0 fully saturated rings. The summed E-state index contributed by atoms with van der Waals surface area (Å²) in [5, 5.41) is 16.1. The first-order valence-electron chi connectivity index (χ1n) is 6.54. The number of carbonyl (C=O) groups excluding carboxylic acids is 2.